The van der Waals surface area contributed by atoms with Crippen molar-refractivity contribution in [3.8, 4) is 17.9 Å². The minimum Gasteiger partial charge on any atom is -0.309 e. The van der Waals surface area contributed by atoms with Gasteiger partial charge >= 0.3 is 0 Å². The Hall–Kier alpha value is -3.89. The average Bonchev–Trinajstić information content (AvgIpc) is 2.81. The monoisotopic (exact) mass is 393 g/mol. The number of nitrogens with one attached hydrogen (secondary N) is 1. The molecule has 1 unspecified atom stereocenters. The van der Waals surface area contributed by atoms with Gasteiger partial charge in [-0.25, -0.2) is 4.98 Å². The molecule has 148 valence electrons. The maximum atomic E-state index is 13.6. The van der Waals surface area contributed by atoms with Crippen LogP contribution in [0.1, 0.15) is 36.8 Å². The molecule has 0 fully saturated rings. The molecule has 4 heteroatoms. The first-order chi connectivity index (χ1) is 14.7. The SMILES string of the molecule is N#CCCCCC(C#Cc1ccccc1)(C(=O)Nc1ccccn1)c1ccccc1. The standard InChI is InChI=1S/C26H23N3O/c27-20-10-3-9-18-26(23-14-6-2-7-15-23,19-17-22-12-4-1-5-13-22)25(30)29-24-16-8-11-21-28-24/h1-2,4-8,11-16,21H,3,9-10,18H2,(H,28,29,30). The van der Waals surface area contributed by atoms with Crippen molar-refractivity contribution in [2.45, 2.75) is 31.1 Å². The summed E-state index contributed by atoms with van der Waals surface area (Å²) in [5.41, 5.74) is 0.628. The Labute approximate surface area is 177 Å². The zero-order chi connectivity index (χ0) is 21.1. The van der Waals surface area contributed by atoms with Gasteiger partial charge in [0.15, 0.2) is 0 Å². The Morgan fingerprint density at radius 3 is 2.30 bits per heavy atom. The fourth-order valence-electron chi connectivity index (χ4n) is 3.26. The summed E-state index contributed by atoms with van der Waals surface area (Å²) in [6, 6.07) is 26.8. The molecule has 0 aliphatic heterocycles. The number of aromatic nitrogens is 1. The van der Waals surface area contributed by atoms with E-state index in [1.807, 2.05) is 66.7 Å². The predicted octanol–water partition coefficient (Wildman–Crippen LogP) is 5.09. The molecular weight excluding hydrogens is 370 g/mol. The van der Waals surface area contributed by atoms with Crippen LogP contribution in [0.5, 0.6) is 0 Å². The Morgan fingerprint density at radius 1 is 0.933 bits per heavy atom. The zero-order valence-electron chi connectivity index (χ0n) is 16.7. The van der Waals surface area contributed by atoms with Crippen LogP contribution < -0.4 is 5.32 Å². The Bertz CT molecular complexity index is 1050. The van der Waals surface area contributed by atoms with Crippen LogP contribution in [0.25, 0.3) is 0 Å². The predicted molar refractivity (Wildman–Crippen MR) is 118 cm³/mol. The molecule has 0 aliphatic carbocycles. The minimum atomic E-state index is -1.05. The number of hydrogen-bond donors (Lipinski definition) is 1. The summed E-state index contributed by atoms with van der Waals surface area (Å²) < 4.78 is 0. The number of pyridine rings is 1. The summed E-state index contributed by atoms with van der Waals surface area (Å²) in [7, 11) is 0. The third kappa shape index (κ3) is 5.34. The first kappa shape index (κ1) is 20.8. The molecule has 1 amide bonds. The first-order valence-corrected chi connectivity index (χ1v) is 9.98. The van der Waals surface area contributed by atoms with Gasteiger partial charge in [-0.05, 0) is 42.7 Å². The van der Waals surface area contributed by atoms with Gasteiger partial charge in [0.1, 0.15) is 11.2 Å². The summed E-state index contributed by atoms with van der Waals surface area (Å²) in [6.07, 6.45) is 4.04. The molecule has 30 heavy (non-hydrogen) atoms. The number of hydrogen-bond acceptors (Lipinski definition) is 3. The summed E-state index contributed by atoms with van der Waals surface area (Å²) in [5.74, 6) is 6.76. The van der Waals surface area contributed by atoms with E-state index in [2.05, 4.69) is 28.2 Å². The molecule has 0 spiro atoms. The average molecular weight is 393 g/mol. The highest BCUT2D eigenvalue weighted by molar-refractivity contribution is 6.01. The Morgan fingerprint density at radius 2 is 1.63 bits per heavy atom. The normalized spacial score (nSPS) is 12.0. The van der Waals surface area contributed by atoms with Crippen molar-refractivity contribution in [3.63, 3.8) is 0 Å². The van der Waals surface area contributed by atoms with E-state index < -0.39 is 5.41 Å². The van der Waals surface area contributed by atoms with E-state index in [0.29, 0.717) is 25.1 Å². The highest BCUT2D eigenvalue weighted by atomic mass is 16.2. The van der Waals surface area contributed by atoms with E-state index in [1.165, 1.54) is 0 Å². The van der Waals surface area contributed by atoms with Gasteiger partial charge in [0, 0.05) is 18.2 Å². The van der Waals surface area contributed by atoms with Gasteiger partial charge in [-0.15, -0.1) is 0 Å². The molecule has 3 rings (SSSR count). The zero-order valence-corrected chi connectivity index (χ0v) is 16.7. The van der Waals surface area contributed by atoms with Crippen LogP contribution in [0.4, 0.5) is 5.82 Å². The van der Waals surface area contributed by atoms with E-state index in [1.54, 1.807) is 18.3 Å². The van der Waals surface area contributed by atoms with Gasteiger partial charge in [0.2, 0.25) is 5.91 Å². The fourth-order valence-corrected chi connectivity index (χ4v) is 3.26. The molecule has 3 aromatic rings. The van der Waals surface area contributed by atoms with Crippen molar-refractivity contribution in [2.24, 2.45) is 0 Å². The molecule has 1 atom stereocenters. The number of carbonyl (C=O) groups excluding carboxylic acids is 1. The van der Waals surface area contributed by atoms with Gasteiger partial charge in [-0.2, -0.15) is 5.26 Å². The molecule has 0 saturated heterocycles. The number of anilines is 1. The van der Waals surface area contributed by atoms with Crippen LogP contribution in [-0.2, 0) is 10.2 Å². The molecule has 2 aromatic carbocycles. The molecule has 0 bridgehead atoms. The quantitative estimate of drug-likeness (QED) is 0.449. The van der Waals surface area contributed by atoms with Crippen molar-refractivity contribution in [1.29, 1.82) is 5.26 Å². The molecule has 1 heterocycles. The number of rotatable bonds is 7. The highest BCUT2D eigenvalue weighted by Gasteiger charge is 2.38. The van der Waals surface area contributed by atoms with Gasteiger partial charge < -0.3 is 5.32 Å². The summed E-state index contributed by atoms with van der Waals surface area (Å²) >= 11 is 0. The van der Waals surface area contributed by atoms with E-state index in [-0.39, 0.29) is 5.91 Å². The fraction of sp³-hybridized carbons (Fsp3) is 0.192. The number of benzene rings is 2. The first-order valence-electron chi connectivity index (χ1n) is 9.98. The summed E-state index contributed by atoms with van der Waals surface area (Å²) in [5, 5.41) is 11.8. The second-order valence-electron chi connectivity index (χ2n) is 6.92. The number of unbranched alkanes of at least 4 members (excludes halogenated alkanes) is 2. The van der Waals surface area contributed by atoms with Gasteiger partial charge in [0.05, 0.1) is 6.07 Å². The third-order valence-corrected chi connectivity index (χ3v) is 4.85. The lowest BCUT2D eigenvalue weighted by Gasteiger charge is -2.28. The summed E-state index contributed by atoms with van der Waals surface area (Å²) in [6.45, 7) is 0. The lowest BCUT2D eigenvalue weighted by atomic mass is 9.75. The highest BCUT2D eigenvalue weighted by Crippen LogP contribution is 2.32. The molecule has 0 aliphatic rings. The largest absolute Gasteiger partial charge is 0.309 e. The molecule has 4 nitrogen and oxygen atoms in total. The van der Waals surface area contributed by atoms with Crippen molar-refractivity contribution in [3.05, 3.63) is 96.2 Å². The number of nitrogens with zero attached hydrogens (tertiary/aromatic N) is 2. The van der Waals surface area contributed by atoms with Crippen molar-refractivity contribution >= 4 is 11.7 Å². The molecule has 0 saturated carbocycles. The second-order valence-corrected chi connectivity index (χ2v) is 6.92. The van der Waals surface area contributed by atoms with E-state index in [9.17, 15) is 4.79 Å². The second kappa shape index (κ2) is 10.6. The number of amides is 1. The van der Waals surface area contributed by atoms with E-state index in [0.717, 1.165) is 17.5 Å². The van der Waals surface area contributed by atoms with Gasteiger partial charge in [-0.3, -0.25) is 4.79 Å². The lowest BCUT2D eigenvalue weighted by molar-refractivity contribution is -0.120. The van der Waals surface area contributed by atoms with Crippen LogP contribution in [-0.4, -0.2) is 10.9 Å². The smallest absolute Gasteiger partial charge is 0.248 e. The van der Waals surface area contributed by atoms with Crippen LogP contribution in [0.3, 0.4) is 0 Å². The van der Waals surface area contributed by atoms with Crippen LogP contribution >= 0.6 is 0 Å². The lowest BCUT2D eigenvalue weighted by Crippen LogP contribution is -2.39. The maximum Gasteiger partial charge on any atom is 0.248 e. The Balaban J connectivity index is 2.04. The number of carbonyl (C=O) groups is 1. The molecular formula is C26H23N3O. The van der Waals surface area contributed by atoms with Crippen LogP contribution in [0, 0.1) is 23.2 Å². The minimum absolute atomic E-state index is 0.215. The van der Waals surface area contributed by atoms with Crippen molar-refractivity contribution in [1.82, 2.24) is 4.98 Å². The molecule has 0 radical (unpaired) electrons. The topological polar surface area (TPSA) is 65.8 Å². The van der Waals surface area contributed by atoms with Crippen molar-refractivity contribution < 1.29 is 4.79 Å². The van der Waals surface area contributed by atoms with Crippen molar-refractivity contribution in [2.75, 3.05) is 5.32 Å². The van der Waals surface area contributed by atoms with E-state index in [4.69, 9.17) is 5.26 Å². The third-order valence-electron chi connectivity index (χ3n) is 4.85. The van der Waals surface area contributed by atoms with Crippen LogP contribution in [0.15, 0.2) is 85.1 Å². The van der Waals surface area contributed by atoms with Crippen LogP contribution in [0.2, 0.25) is 0 Å². The maximum absolute atomic E-state index is 13.6. The van der Waals surface area contributed by atoms with Gasteiger partial charge in [0.25, 0.3) is 0 Å². The summed E-state index contributed by atoms with van der Waals surface area (Å²) in [4.78, 5) is 17.8. The molecule has 1 aromatic heterocycles. The number of nitriles is 1. The van der Waals surface area contributed by atoms with Gasteiger partial charge in [-0.1, -0.05) is 72.9 Å². The molecule has 1 N–H and O–H groups in total. The Kier molecular flexibility index (Phi) is 7.36. The van der Waals surface area contributed by atoms with E-state index >= 15 is 0 Å².